The number of carbonyl (C=O) groups is 1. The van der Waals surface area contributed by atoms with Gasteiger partial charge in [0.05, 0.1) is 0 Å². The highest BCUT2D eigenvalue weighted by Crippen LogP contribution is 2.48. The van der Waals surface area contributed by atoms with Crippen LogP contribution in [0, 0.1) is 0 Å². The van der Waals surface area contributed by atoms with Crippen molar-refractivity contribution < 1.29 is 29.4 Å². The van der Waals surface area contributed by atoms with Gasteiger partial charge in [-0.1, -0.05) is 30.3 Å². The zero-order valence-corrected chi connectivity index (χ0v) is 10.7. The Labute approximate surface area is 108 Å². The molecule has 0 saturated carbocycles. The Morgan fingerprint density at radius 2 is 1.67 bits per heavy atom. The Bertz CT molecular complexity index is 496. The highest BCUT2D eigenvalue weighted by Gasteiger charge is 2.44. The number of carboxylic acids is 1. The lowest BCUT2D eigenvalue weighted by molar-refractivity contribution is -0.138. The summed E-state index contributed by atoms with van der Waals surface area (Å²) in [5, 5.41) is 17.3. The molecule has 0 aromatic heterocycles. The molecule has 0 aliphatic rings. The Hall–Kier alpha value is -1.27. The van der Waals surface area contributed by atoms with E-state index in [1.54, 1.807) is 6.07 Å². The third-order valence-electron chi connectivity index (χ3n) is 2.36. The minimum atomic E-state index is -4.88. The molecule has 2 atom stereocenters. The van der Waals surface area contributed by atoms with E-state index in [4.69, 9.17) is 14.9 Å². The smallest absolute Gasteiger partial charge is 0.338 e. The second-order valence-electron chi connectivity index (χ2n) is 3.60. The maximum Gasteiger partial charge on any atom is 0.338 e. The van der Waals surface area contributed by atoms with Gasteiger partial charge in [0.15, 0.2) is 5.05 Å². The van der Waals surface area contributed by atoms with E-state index in [2.05, 4.69) is 12.2 Å². The van der Waals surface area contributed by atoms with Gasteiger partial charge in [0.25, 0.3) is 0 Å². The summed E-state index contributed by atoms with van der Waals surface area (Å²) >= 11 is 4.36. The van der Waals surface area contributed by atoms with Gasteiger partial charge in [0, 0.05) is 0 Å². The predicted octanol–water partition coefficient (Wildman–Crippen LogP) is 1.29. The van der Waals surface area contributed by atoms with Gasteiger partial charge in [-0.2, -0.15) is 0 Å². The maximum absolute atomic E-state index is 11.3. The lowest BCUT2D eigenvalue weighted by Gasteiger charge is -2.23. The molecule has 1 aromatic carbocycles. The van der Waals surface area contributed by atoms with Crippen molar-refractivity contribution in [3.63, 3.8) is 0 Å². The van der Waals surface area contributed by atoms with Crippen molar-refractivity contribution in [2.24, 2.45) is 0 Å². The van der Waals surface area contributed by atoms with Crippen LogP contribution < -0.4 is 0 Å². The van der Waals surface area contributed by atoms with Crippen LogP contribution in [0.15, 0.2) is 30.3 Å². The highest BCUT2D eigenvalue weighted by molar-refractivity contribution is 7.81. The molecule has 6 nitrogen and oxygen atoms in total. The van der Waals surface area contributed by atoms with E-state index >= 15 is 0 Å². The summed E-state index contributed by atoms with van der Waals surface area (Å²) < 4.78 is 11.3. The van der Waals surface area contributed by atoms with Gasteiger partial charge in [-0.05, 0) is 17.8 Å². The highest BCUT2D eigenvalue weighted by atomic mass is 32.1. The van der Waals surface area contributed by atoms with Crippen LogP contribution in [0.2, 0.25) is 0 Å². The molecule has 0 heterocycles. The minimum Gasteiger partial charge on any atom is -0.501 e. The average molecular weight is 290 g/mol. The molecule has 4 N–H and O–H groups in total. The second kappa shape index (κ2) is 5.58. The molecule has 1 rings (SSSR count). The number of hydrogen-bond donors (Lipinski definition) is 4. The molecule has 8 heteroatoms. The molecule has 0 spiro atoms. The predicted molar refractivity (Wildman–Crippen MR) is 67.9 cm³/mol. The number of aliphatic hydroxyl groups is 1. The van der Waals surface area contributed by atoms with Gasteiger partial charge in [0.1, 0.15) is 11.6 Å². The second-order valence-corrected chi connectivity index (χ2v) is 5.75. The number of benzene rings is 1. The summed E-state index contributed by atoms with van der Waals surface area (Å²) in [5.74, 6) is -3.06. The molecule has 98 valence electrons. The number of aliphatic carboxylic acids is 1. The summed E-state index contributed by atoms with van der Waals surface area (Å²) in [6.45, 7) is 0. The van der Waals surface area contributed by atoms with Crippen molar-refractivity contribution in [1.82, 2.24) is 0 Å². The van der Waals surface area contributed by atoms with Crippen LogP contribution in [-0.2, 0) is 9.36 Å². The third kappa shape index (κ3) is 3.36. The van der Waals surface area contributed by atoms with E-state index in [0.29, 0.717) is 0 Å². The zero-order valence-electron chi connectivity index (χ0n) is 9.00. The molecule has 0 saturated heterocycles. The van der Waals surface area contributed by atoms with Crippen LogP contribution >= 0.6 is 19.8 Å². The standard InChI is InChI=1S/C10H11O6PS/c11-9(12)7(6-4-2-1-3-5-6)8(10(13)18)17(14,15)16/h1-5,7-8H,(H,11,12)(H,13,18)(H2,14,15,16). The lowest BCUT2D eigenvalue weighted by Crippen LogP contribution is -2.32. The van der Waals surface area contributed by atoms with Crippen molar-refractivity contribution in [3.8, 4) is 0 Å². The summed E-state index contributed by atoms with van der Waals surface area (Å²) in [6.07, 6.45) is 0. The fourth-order valence-corrected chi connectivity index (χ4v) is 3.12. The average Bonchev–Trinajstić information content (AvgIpc) is 2.24. The first kappa shape index (κ1) is 14.8. The topological polar surface area (TPSA) is 115 Å². The van der Waals surface area contributed by atoms with Gasteiger partial charge in [-0.25, -0.2) is 0 Å². The van der Waals surface area contributed by atoms with Gasteiger partial charge in [-0.15, -0.1) is 0 Å². The van der Waals surface area contributed by atoms with E-state index in [-0.39, 0.29) is 5.56 Å². The van der Waals surface area contributed by atoms with Gasteiger partial charge >= 0.3 is 13.6 Å². The quantitative estimate of drug-likeness (QED) is 0.477. The molecular weight excluding hydrogens is 279 g/mol. The summed E-state index contributed by atoms with van der Waals surface area (Å²) in [4.78, 5) is 29.4. The molecule has 18 heavy (non-hydrogen) atoms. The van der Waals surface area contributed by atoms with Crippen molar-refractivity contribution in [3.05, 3.63) is 35.9 Å². The van der Waals surface area contributed by atoms with E-state index in [1.165, 1.54) is 24.3 Å². The van der Waals surface area contributed by atoms with Crippen LogP contribution in [0.1, 0.15) is 11.5 Å². The van der Waals surface area contributed by atoms with E-state index in [0.717, 1.165) is 0 Å². The molecule has 0 radical (unpaired) electrons. The van der Waals surface area contributed by atoms with Crippen LogP contribution in [0.25, 0.3) is 0 Å². The first-order valence-electron chi connectivity index (χ1n) is 4.81. The van der Waals surface area contributed by atoms with Crippen molar-refractivity contribution in [1.29, 1.82) is 0 Å². The molecule has 0 bridgehead atoms. The molecule has 0 aliphatic carbocycles. The van der Waals surface area contributed by atoms with Gasteiger partial charge < -0.3 is 20.0 Å². The number of aliphatic hydroxyl groups excluding tert-OH is 1. The Kier molecular flexibility index (Phi) is 4.59. The first-order valence-corrected chi connectivity index (χ1v) is 6.90. The van der Waals surface area contributed by atoms with E-state index in [1.807, 2.05) is 0 Å². The third-order valence-corrected chi connectivity index (χ3v) is 4.05. The number of rotatable bonds is 5. The lowest BCUT2D eigenvalue weighted by atomic mass is 9.96. The molecule has 0 fully saturated rings. The van der Waals surface area contributed by atoms with E-state index in [9.17, 15) is 14.5 Å². The zero-order chi connectivity index (χ0) is 13.9. The van der Waals surface area contributed by atoms with Crippen LogP contribution in [-0.4, -0.2) is 36.7 Å². The fraction of sp³-hybridized carbons (Fsp3) is 0.200. The minimum absolute atomic E-state index is 0.162. The summed E-state index contributed by atoms with van der Waals surface area (Å²) in [7, 11) is -4.88. The normalized spacial score (nSPS) is 14.8. The molecule has 1 aromatic rings. The van der Waals surface area contributed by atoms with Crippen LogP contribution in [0.3, 0.4) is 0 Å². The monoisotopic (exact) mass is 290 g/mol. The fourth-order valence-electron chi connectivity index (χ4n) is 1.60. The van der Waals surface area contributed by atoms with Gasteiger partial charge in [0.2, 0.25) is 0 Å². The SMILES string of the molecule is O=C(O)C(c1ccccc1)C(C(O)=S)P(=O)(O)O. The van der Waals surface area contributed by atoms with Crippen molar-refractivity contribution >= 4 is 30.8 Å². The van der Waals surface area contributed by atoms with Crippen LogP contribution in [0.5, 0.6) is 0 Å². The van der Waals surface area contributed by atoms with Crippen molar-refractivity contribution in [2.75, 3.05) is 0 Å². The van der Waals surface area contributed by atoms with Crippen molar-refractivity contribution in [2.45, 2.75) is 11.6 Å². The summed E-state index contributed by atoms with van der Waals surface area (Å²) in [5.41, 5.74) is -1.78. The largest absolute Gasteiger partial charge is 0.501 e. The van der Waals surface area contributed by atoms with E-state index < -0.39 is 30.2 Å². The summed E-state index contributed by atoms with van der Waals surface area (Å²) in [6, 6.07) is 7.50. The van der Waals surface area contributed by atoms with Gasteiger partial charge in [-0.3, -0.25) is 9.36 Å². The number of hydrogen-bond acceptors (Lipinski definition) is 3. The molecular formula is C10H11O6PS. The molecule has 2 unspecified atom stereocenters. The Balaban J connectivity index is 3.32. The van der Waals surface area contributed by atoms with Crippen LogP contribution in [0.4, 0.5) is 0 Å². The number of thiocarbonyl (C=S) groups is 1. The molecule has 0 amide bonds. The Morgan fingerprint density at radius 1 is 1.17 bits per heavy atom. The number of carboxylic acid groups (broad SMARTS) is 1. The Morgan fingerprint density at radius 3 is 2.00 bits per heavy atom. The first-order chi connectivity index (χ1) is 8.25. The maximum atomic E-state index is 11.3. The molecule has 0 aliphatic heterocycles.